The van der Waals surface area contributed by atoms with Gasteiger partial charge in [0, 0.05) is 12.6 Å². The van der Waals surface area contributed by atoms with Crippen LogP contribution in [0.5, 0.6) is 0 Å². The van der Waals surface area contributed by atoms with E-state index in [9.17, 15) is 15.0 Å². The average Bonchev–Trinajstić information content (AvgIpc) is 3.23. The van der Waals surface area contributed by atoms with E-state index in [0.717, 1.165) is 35.9 Å². The van der Waals surface area contributed by atoms with Crippen molar-refractivity contribution in [3.63, 3.8) is 0 Å². The molecule has 0 aliphatic heterocycles. The van der Waals surface area contributed by atoms with Crippen molar-refractivity contribution in [2.75, 3.05) is 6.54 Å². The van der Waals surface area contributed by atoms with Crippen LogP contribution in [-0.4, -0.2) is 44.7 Å². The summed E-state index contributed by atoms with van der Waals surface area (Å²) in [6, 6.07) is 7.72. The third-order valence-electron chi connectivity index (χ3n) is 4.50. The van der Waals surface area contributed by atoms with Crippen molar-refractivity contribution < 1.29 is 15.0 Å². The highest BCUT2D eigenvalue weighted by Gasteiger charge is 2.34. The van der Waals surface area contributed by atoms with E-state index in [1.165, 1.54) is 11.3 Å². The number of aromatic nitrogens is 1. The molecule has 0 radical (unpaired) electrons. The number of carbonyl (C=O) groups is 1. The Labute approximate surface area is 139 Å². The van der Waals surface area contributed by atoms with Crippen LogP contribution >= 0.6 is 11.3 Å². The molecule has 0 spiro atoms. The maximum absolute atomic E-state index is 12.6. The standard InChI is InChI=1S/C17H22N2O3S/c1-2-19(11-7-3-4-8-11)17(22)15(21)14(20)16-18-12-9-5-6-10-13(12)23-16/h5-6,9-11,14-15,20-21H,2-4,7-8H2,1H3. The number of likely N-dealkylation sites (N-methyl/N-ethyl adjacent to an activating group) is 1. The van der Waals surface area contributed by atoms with Crippen molar-refractivity contribution in [3.05, 3.63) is 29.3 Å². The lowest BCUT2D eigenvalue weighted by Gasteiger charge is -2.30. The molecule has 2 atom stereocenters. The molecule has 0 bridgehead atoms. The van der Waals surface area contributed by atoms with Crippen LogP contribution in [0, 0.1) is 0 Å². The lowest BCUT2D eigenvalue weighted by atomic mass is 10.1. The number of benzene rings is 1. The minimum absolute atomic E-state index is 0.185. The number of para-hydroxylation sites is 1. The molecule has 1 saturated carbocycles. The SMILES string of the molecule is CCN(C(=O)C(O)C(O)c1nc2ccccc2s1)C1CCCC1. The van der Waals surface area contributed by atoms with E-state index in [0.29, 0.717) is 11.6 Å². The molecule has 1 amide bonds. The van der Waals surface area contributed by atoms with E-state index in [2.05, 4.69) is 4.98 Å². The number of carbonyl (C=O) groups excluding carboxylic acids is 1. The highest BCUT2D eigenvalue weighted by Crippen LogP contribution is 2.30. The molecular formula is C17H22N2O3S. The zero-order chi connectivity index (χ0) is 16.4. The molecule has 2 unspecified atom stereocenters. The minimum Gasteiger partial charge on any atom is -0.383 e. The number of fused-ring (bicyclic) bond motifs is 1. The molecule has 2 N–H and O–H groups in total. The van der Waals surface area contributed by atoms with Gasteiger partial charge in [-0.1, -0.05) is 25.0 Å². The minimum atomic E-state index is -1.46. The highest BCUT2D eigenvalue weighted by atomic mass is 32.1. The van der Waals surface area contributed by atoms with Crippen molar-refractivity contribution in [2.24, 2.45) is 0 Å². The summed E-state index contributed by atoms with van der Waals surface area (Å²) < 4.78 is 0.935. The van der Waals surface area contributed by atoms with Gasteiger partial charge in [0.2, 0.25) is 0 Å². The molecule has 1 aromatic carbocycles. The van der Waals surface area contributed by atoms with Crippen LogP contribution in [0.3, 0.4) is 0 Å². The Balaban J connectivity index is 1.77. The van der Waals surface area contributed by atoms with Gasteiger partial charge in [-0.15, -0.1) is 11.3 Å². The van der Waals surface area contributed by atoms with Gasteiger partial charge in [-0.25, -0.2) is 4.98 Å². The molecule has 1 heterocycles. The van der Waals surface area contributed by atoms with Crippen molar-refractivity contribution in [3.8, 4) is 0 Å². The fourth-order valence-electron chi connectivity index (χ4n) is 3.27. The summed E-state index contributed by atoms with van der Waals surface area (Å²) in [6.45, 7) is 2.46. The summed E-state index contributed by atoms with van der Waals surface area (Å²) >= 11 is 1.31. The van der Waals surface area contributed by atoms with Crippen LogP contribution in [0.25, 0.3) is 10.2 Å². The first-order chi connectivity index (χ1) is 11.1. The Hall–Kier alpha value is -1.50. The number of hydrogen-bond acceptors (Lipinski definition) is 5. The topological polar surface area (TPSA) is 73.7 Å². The Kier molecular flexibility index (Phi) is 4.94. The van der Waals surface area contributed by atoms with Crippen molar-refractivity contribution >= 4 is 27.5 Å². The average molecular weight is 334 g/mol. The molecule has 5 nitrogen and oxygen atoms in total. The van der Waals surface area contributed by atoms with Gasteiger partial charge in [-0.3, -0.25) is 4.79 Å². The van der Waals surface area contributed by atoms with Gasteiger partial charge in [0.1, 0.15) is 11.1 Å². The van der Waals surface area contributed by atoms with E-state index in [-0.39, 0.29) is 6.04 Å². The molecule has 1 aliphatic rings. The first kappa shape index (κ1) is 16.4. The largest absolute Gasteiger partial charge is 0.383 e. The van der Waals surface area contributed by atoms with E-state index in [1.54, 1.807) is 4.90 Å². The van der Waals surface area contributed by atoms with Crippen LogP contribution in [0.2, 0.25) is 0 Å². The first-order valence-corrected chi connectivity index (χ1v) is 8.95. The van der Waals surface area contributed by atoms with Crippen LogP contribution in [0.1, 0.15) is 43.7 Å². The highest BCUT2D eigenvalue weighted by molar-refractivity contribution is 7.18. The third-order valence-corrected chi connectivity index (χ3v) is 5.61. The third kappa shape index (κ3) is 3.24. The number of aliphatic hydroxyl groups is 2. The normalized spacial score (nSPS) is 18.2. The molecule has 6 heteroatoms. The smallest absolute Gasteiger partial charge is 0.254 e. The van der Waals surface area contributed by atoms with Crippen LogP contribution in [-0.2, 0) is 4.79 Å². The van der Waals surface area contributed by atoms with E-state index in [1.807, 2.05) is 31.2 Å². The van der Waals surface area contributed by atoms with Crippen molar-refractivity contribution in [2.45, 2.75) is 50.9 Å². The molecule has 23 heavy (non-hydrogen) atoms. The quantitative estimate of drug-likeness (QED) is 0.881. The van der Waals surface area contributed by atoms with E-state index >= 15 is 0 Å². The Morgan fingerprint density at radius 3 is 2.70 bits per heavy atom. The zero-order valence-corrected chi connectivity index (χ0v) is 14.0. The number of hydrogen-bond donors (Lipinski definition) is 2. The van der Waals surface area contributed by atoms with Crippen molar-refractivity contribution in [1.82, 2.24) is 9.88 Å². The van der Waals surface area contributed by atoms with Gasteiger partial charge >= 0.3 is 0 Å². The monoisotopic (exact) mass is 334 g/mol. The summed E-state index contributed by atoms with van der Waals surface area (Å²) in [5, 5.41) is 21.1. The predicted molar refractivity (Wildman–Crippen MR) is 90.2 cm³/mol. The van der Waals surface area contributed by atoms with Gasteiger partial charge in [-0.2, -0.15) is 0 Å². The fourth-order valence-corrected chi connectivity index (χ4v) is 4.25. The molecule has 1 fully saturated rings. The molecule has 1 aromatic heterocycles. The Morgan fingerprint density at radius 1 is 1.35 bits per heavy atom. The molecule has 124 valence electrons. The van der Waals surface area contributed by atoms with Gasteiger partial charge in [0.25, 0.3) is 5.91 Å². The predicted octanol–water partition coefficient (Wildman–Crippen LogP) is 2.48. The second-order valence-electron chi connectivity index (χ2n) is 5.97. The maximum atomic E-state index is 12.6. The second kappa shape index (κ2) is 6.95. The summed E-state index contributed by atoms with van der Waals surface area (Å²) in [7, 11) is 0. The lowest BCUT2D eigenvalue weighted by molar-refractivity contribution is -0.148. The fraction of sp³-hybridized carbons (Fsp3) is 0.529. The van der Waals surface area contributed by atoms with Gasteiger partial charge in [-0.05, 0) is 31.9 Å². The Bertz CT molecular complexity index is 648. The summed E-state index contributed by atoms with van der Waals surface area (Å²) in [6.07, 6.45) is 1.44. The molecule has 1 aliphatic carbocycles. The van der Waals surface area contributed by atoms with Gasteiger partial charge in [0.05, 0.1) is 10.2 Å². The zero-order valence-electron chi connectivity index (χ0n) is 13.2. The van der Waals surface area contributed by atoms with E-state index < -0.39 is 18.1 Å². The summed E-state index contributed by atoms with van der Waals surface area (Å²) in [5.74, 6) is -0.397. The molecular weight excluding hydrogens is 312 g/mol. The van der Waals surface area contributed by atoms with Gasteiger partial charge in [0.15, 0.2) is 6.10 Å². The first-order valence-electron chi connectivity index (χ1n) is 8.14. The second-order valence-corrected chi connectivity index (χ2v) is 7.03. The Morgan fingerprint density at radius 2 is 2.04 bits per heavy atom. The summed E-state index contributed by atoms with van der Waals surface area (Å²) in [4.78, 5) is 18.6. The van der Waals surface area contributed by atoms with Crippen molar-refractivity contribution in [1.29, 1.82) is 0 Å². The number of aliphatic hydroxyl groups excluding tert-OH is 2. The number of nitrogens with zero attached hydrogens (tertiary/aromatic N) is 2. The summed E-state index contributed by atoms with van der Waals surface area (Å²) in [5.41, 5.74) is 0.773. The van der Waals surface area contributed by atoms with Gasteiger partial charge < -0.3 is 15.1 Å². The van der Waals surface area contributed by atoms with Crippen LogP contribution < -0.4 is 0 Å². The number of rotatable bonds is 5. The lowest BCUT2D eigenvalue weighted by Crippen LogP contribution is -2.46. The van der Waals surface area contributed by atoms with Crippen LogP contribution in [0.15, 0.2) is 24.3 Å². The number of amides is 1. The maximum Gasteiger partial charge on any atom is 0.254 e. The molecule has 2 aromatic rings. The molecule has 3 rings (SSSR count). The molecule has 0 saturated heterocycles. The number of thiazole rings is 1. The van der Waals surface area contributed by atoms with E-state index in [4.69, 9.17) is 0 Å². The van der Waals surface area contributed by atoms with Crippen LogP contribution in [0.4, 0.5) is 0 Å².